The van der Waals surface area contributed by atoms with Gasteiger partial charge in [0.1, 0.15) is 4.90 Å². The van der Waals surface area contributed by atoms with Gasteiger partial charge in [0, 0.05) is 25.1 Å². The highest BCUT2D eigenvalue weighted by atomic mass is 32.2. The maximum absolute atomic E-state index is 12.4. The van der Waals surface area contributed by atoms with E-state index in [2.05, 4.69) is 20.0 Å². The molecule has 7 heteroatoms. The molecule has 6 nitrogen and oxygen atoms in total. The first-order chi connectivity index (χ1) is 10.1. The summed E-state index contributed by atoms with van der Waals surface area (Å²) < 4.78 is 27.3. The fraction of sp³-hybridized carbons (Fsp3) is 0.286. The first-order valence-electron chi connectivity index (χ1n) is 6.71. The Labute approximate surface area is 124 Å². The van der Waals surface area contributed by atoms with Crippen molar-refractivity contribution in [2.24, 2.45) is 0 Å². The van der Waals surface area contributed by atoms with Gasteiger partial charge >= 0.3 is 0 Å². The molecule has 21 heavy (non-hydrogen) atoms. The van der Waals surface area contributed by atoms with Crippen molar-refractivity contribution in [3.8, 4) is 0 Å². The van der Waals surface area contributed by atoms with Gasteiger partial charge in [-0.05, 0) is 24.6 Å². The quantitative estimate of drug-likeness (QED) is 0.814. The summed E-state index contributed by atoms with van der Waals surface area (Å²) in [5.74, 6) is 0. The highest BCUT2D eigenvalue weighted by Gasteiger charge is 2.18. The monoisotopic (exact) mass is 306 g/mol. The third kappa shape index (κ3) is 4.24. The molecule has 0 aliphatic heterocycles. The van der Waals surface area contributed by atoms with Gasteiger partial charge in [-0.2, -0.15) is 0 Å². The number of nitrogens with zero attached hydrogens (tertiary/aromatic N) is 2. The highest BCUT2D eigenvalue weighted by Crippen LogP contribution is 2.19. The van der Waals surface area contributed by atoms with E-state index in [4.69, 9.17) is 0 Å². The molecule has 0 spiro atoms. The van der Waals surface area contributed by atoms with Crippen LogP contribution < -0.4 is 10.0 Å². The molecule has 0 saturated carbocycles. The van der Waals surface area contributed by atoms with E-state index in [-0.39, 0.29) is 11.4 Å². The van der Waals surface area contributed by atoms with Crippen LogP contribution in [0.3, 0.4) is 0 Å². The van der Waals surface area contributed by atoms with Crippen LogP contribution in [0.15, 0.2) is 47.8 Å². The number of hydrogen-bond acceptors (Lipinski definition) is 5. The predicted octanol–water partition coefficient (Wildman–Crippen LogP) is 1.78. The van der Waals surface area contributed by atoms with Crippen molar-refractivity contribution in [2.45, 2.75) is 24.8 Å². The maximum atomic E-state index is 12.4. The zero-order chi connectivity index (χ0) is 15.1. The summed E-state index contributed by atoms with van der Waals surface area (Å²) in [5.41, 5.74) is 1.22. The number of nitrogens with one attached hydrogen (secondary N) is 2. The van der Waals surface area contributed by atoms with E-state index in [1.54, 1.807) is 30.6 Å². The Bertz CT molecular complexity index is 674. The van der Waals surface area contributed by atoms with E-state index >= 15 is 0 Å². The second-order valence-corrected chi connectivity index (χ2v) is 6.18. The van der Waals surface area contributed by atoms with Gasteiger partial charge < -0.3 is 5.32 Å². The molecule has 0 atom stereocenters. The molecule has 0 unspecified atom stereocenters. The van der Waals surface area contributed by atoms with E-state index in [1.165, 1.54) is 6.20 Å². The molecular formula is C14H18N4O2S. The fourth-order valence-electron chi connectivity index (χ4n) is 1.75. The lowest BCUT2D eigenvalue weighted by Crippen LogP contribution is -2.25. The third-order valence-corrected chi connectivity index (χ3v) is 4.24. The van der Waals surface area contributed by atoms with Gasteiger partial charge in [0.05, 0.1) is 17.9 Å². The van der Waals surface area contributed by atoms with Crippen LogP contribution in [0, 0.1) is 0 Å². The molecule has 0 saturated heterocycles. The van der Waals surface area contributed by atoms with Crippen molar-refractivity contribution in [2.75, 3.05) is 11.9 Å². The van der Waals surface area contributed by atoms with Crippen LogP contribution in [0.5, 0.6) is 0 Å². The molecular weight excluding hydrogens is 288 g/mol. The van der Waals surface area contributed by atoms with Gasteiger partial charge in [-0.25, -0.2) is 13.1 Å². The number of rotatable bonds is 7. The normalized spacial score (nSPS) is 11.3. The summed E-state index contributed by atoms with van der Waals surface area (Å²) in [7, 11) is -3.63. The molecule has 2 rings (SSSR count). The third-order valence-electron chi connectivity index (χ3n) is 2.81. The number of pyridine rings is 2. The fourth-order valence-corrected chi connectivity index (χ4v) is 2.87. The van der Waals surface area contributed by atoms with Crippen LogP contribution in [0.4, 0.5) is 5.69 Å². The van der Waals surface area contributed by atoms with Gasteiger partial charge in [-0.1, -0.05) is 13.0 Å². The number of anilines is 1. The van der Waals surface area contributed by atoms with Crippen LogP contribution in [0.25, 0.3) is 0 Å². The second kappa shape index (κ2) is 7.14. The average Bonchev–Trinajstić information content (AvgIpc) is 2.52. The molecule has 2 aromatic heterocycles. The van der Waals surface area contributed by atoms with Gasteiger partial charge in [-0.3, -0.25) is 9.97 Å². The molecule has 0 aromatic carbocycles. The van der Waals surface area contributed by atoms with Crippen molar-refractivity contribution in [3.63, 3.8) is 0 Å². The SMILES string of the molecule is CCCNc1ccncc1S(=O)(=O)NCc1ccccn1. The minimum Gasteiger partial charge on any atom is -0.384 e. The lowest BCUT2D eigenvalue weighted by molar-refractivity contribution is 0.580. The van der Waals surface area contributed by atoms with Crippen molar-refractivity contribution in [1.82, 2.24) is 14.7 Å². The molecule has 0 fully saturated rings. The van der Waals surface area contributed by atoms with Crippen molar-refractivity contribution in [1.29, 1.82) is 0 Å². The standard InChI is InChI=1S/C14H18N4O2S/c1-2-7-17-13-6-9-15-11-14(13)21(19,20)18-10-12-5-3-4-8-16-12/h3-6,8-9,11,18H,2,7,10H2,1H3,(H,15,17). The molecule has 0 aliphatic rings. The minimum absolute atomic E-state index is 0.144. The van der Waals surface area contributed by atoms with Crippen LogP contribution in [0.1, 0.15) is 19.0 Å². The van der Waals surface area contributed by atoms with E-state index in [0.717, 1.165) is 6.42 Å². The van der Waals surface area contributed by atoms with Crippen LogP contribution >= 0.6 is 0 Å². The molecule has 2 aromatic rings. The van der Waals surface area contributed by atoms with Crippen LogP contribution in [-0.2, 0) is 16.6 Å². The van der Waals surface area contributed by atoms with E-state index in [9.17, 15) is 8.42 Å². The largest absolute Gasteiger partial charge is 0.384 e. The molecule has 0 amide bonds. The van der Waals surface area contributed by atoms with Gasteiger partial charge in [0.15, 0.2) is 0 Å². The summed E-state index contributed by atoms with van der Waals surface area (Å²) in [6.45, 7) is 2.86. The Balaban J connectivity index is 2.15. The summed E-state index contributed by atoms with van der Waals surface area (Å²) >= 11 is 0. The summed E-state index contributed by atoms with van der Waals surface area (Å²) in [4.78, 5) is 8.14. The zero-order valence-electron chi connectivity index (χ0n) is 11.8. The number of aromatic nitrogens is 2. The second-order valence-electron chi connectivity index (χ2n) is 4.44. The Morgan fingerprint density at radius 3 is 2.76 bits per heavy atom. The van der Waals surface area contributed by atoms with E-state index in [1.807, 2.05) is 13.0 Å². The van der Waals surface area contributed by atoms with E-state index < -0.39 is 10.0 Å². The van der Waals surface area contributed by atoms with Gasteiger partial charge in [-0.15, -0.1) is 0 Å². The minimum atomic E-state index is -3.63. The van der Waals surface area contributed by atoms with Crippen molar-refractivity contribution >= 4 is 15.7 Å². The molecule has 0 aliphatic carbocycles. The molecule has 2 heterocycles. The number of hydrogen-bond donors (Lipinski definition) is 2. The molecule has 0 bridgehead atoms. The molecule has 0 radical (unpaired) electrons. The highest BCUT2D eigenvalue weighted by molar-refractivity contribution is 7.89. The summed E-state index contributed by atoms with van der Waals surface area (Å²) in [5, 5.41) is 3.09. The summed E-state index contributed by atoms with van der Waals surface area (Å²) in [6.07, 6.45) is 5.44. The maximum Gasteiger partial charge on any atom is 0.244 e. The van der Waals surface area contributed by atoms with Crippen LogP contribution in [-0.4, -0.2) is 24.9 Å². The van der Waals surface area contributed by atoms with Crippen LogP contribution in [0.2, 0.25) is 0 Å². The molecule has 2 N–H and O–H groups in total. The molecule has 112 valence electrons. The summed E-state index contributed by atoms with van der Waals surface area (Å²) in [6, 6.07) is 7.02. The average molecular weight is 306 g/mol. The lowest BCUT2D eigenvalue weighted by atomic mass is 10.4. The topological polar surface area (TPSA) is 84.0 Å². The van der Waals surface area contributed by atoms with Crippen molar-refractivity contribution < 1.29 is 8.42 Å². The Morgan fingerprint density at radius 1 is 1.19 bits per heavy atom. The Kier molecular flexibility index (Phi) is 5.24. The van der Waals surface area contributed by atoms with Crippen molar-refractivity contribution in [3.05, 3.63) is 48.5 Å². The smallest absolute Gasteiger partial charge is 0.244 e. The lowest BCUT2D eigenvalue weighted by Gasteiger charge is -2.12. The first kappa shape index (κ1) is 15.4. The van der Waals surface area contributed by atoms with E-state index in [0.29, 0.717) is 17.9 Å². The van der Waals surface area contributed by atoms with Gasteiger partial charge in [0.25, 0.3) is 0 Å². The predicted molar refractivity (Wildman–Crippen MR) is 81.3 cm³/mol. The van der Waals surface area contributed by atoms with Gasteiger partial charge in [0.2, 0.25) is 10.0 Å². The number of sulfonamides is 1. The first-order valence-corrected chi connectivity index (χ1v) is 8.19. The Hall–Kier alpha value is -1.99. The zero-order valence-corrected chi connectivity index (χ0v) is 12.6. The Morgan fingerprint density at radius 2 is 2.05 bits per heavy atom.